The summed E-state index contributed by atoms with van der Waals surface area (Å²) < 4.78 is 5.54. The van der Waals surface area contributed by atoms with Crippen molar-refractivity contribution in [3.8, 4) is 0 Å². The van der Waals surface area contributed by atoms with Crippen molar-refractivity contribution < 1.29 is 24.5 Å². The van der Waals surface area contributed by atoms with E-state index in [-0.39, 0.29) is 29.5 Å². The highest BCUT2D eigenvalue weighted by atomic mass is 16.5. The molecule has 0 saturated carbocycles. The van der Waals surface area contributed by atoms with Crippen molar-refractivity contribution in [2.75, 3.05) is 0 Å². The van der Waals surface area contributed by atoms with Crippen LogP contribution in [0.2, 0.25) is 0 Å². The fourth-order valence-corrected chi connectivity index (χ4v) is 4.19. The summed E-state index contributed by atoms with van der Waals surface area (Å²) in [6.07, 6.45) is -0.334. The van der Waals surface area contributed by atoms with E-state index in [0.717, 1.165) is 0 Å². The van der Waals surface area contributed by atoms with Gasteiger partial charge in [0.05, 0.1) is 18.1 Å². The standard InChI is InChI=1S/C22H38O5/c1-9-18-15(6)21(25)16(7)19(23)12(3)10-11(2)13(4)14(5)20(24)17(8)22(26)27-18/h9,11-18,20-21,24-25H,1,10H2,2-8H3/t11-,12+,13-,14+,15-,16-,17+,18+,20-,21-/m0/s1. The SMILES string of the molecule is C=C[C@H]1OC(=O)[C@H](C)[C@@H](O)[C@H](C)[C@@H](C)[C@@H](C)C[C@@H](C)C(=O)[C@H](C)[C@@H](O)[C@H]1C. The van der Waals surface area contributed by atoms with Crippen LogP contribution in [0.1, 0.15) is 54.9 Å². The molecule has 0 spiro atoms. The van der Waals surface area contributed by atoms with Crippen molar-refractivity contribution in [1.29, 1.82) is 0 Å². The lowest BCUT2D eigenvalue weighted by Gasteiger charge is -2.36. The minimum absolute atomic E-state index is 0.0150. The molecule has 0 amide bonds. The molecule has 156 valence electrons. The topological polar surface area (TPSA) is 83.8 Å². The second-order valence-electron chi connectivity index (χ2n) is 8.79. The van der Waals surface area contributed by atoms with E-state index in [0.29, 0.717) is 6.42 Å². The van der Waals surface area contributed by atoms with Crippen LogP contribution in [0.3, 0.4) is 0 Å². The van der Waals surface area contributed by atoms with Crippen molar-refractivity contribution in [2.24, 2.45) is 41.4 Å². The minimum atomic E-state index is -0.939. The Bertz CT molecular complexity index is 531. The summed E-state index contributed by atoms with van der Waals surface area (Å²) in [5, 5.41) is 21.4. The normalized spacial score (nSPS) is 45.7. The van der Waals surface area contributed by atoms with E-state index < -0.39 is 42.0 Å². The summed E-state index contributed by atoms with van der Waals surface area (Å²) in [6.45, 7) is 16.8. The molecule has 27 heavy (non-hydrogen) atoms. The Kier molecular flexibility index (Phi) is 8.68. The first-order valence-electron chi connectivity index (χ1n) is 10.2. The van der Waals surface area contributed by atoms with E-state index in [1.165, 1.54) is 6.08 Å². The lowest BCUT2D eigenvalue weighted by molar-refractivity contribution is -0.161. The average Bonchev–Trinajstić information content (AvgIpc) is 2.66. The van der Waals surface area contributed by atoms with E-state index in [2.05, 4.69) is 13.5 Å². The van der Waals surface area contributed by atoms with Crippen molar-refractivity contribution in [3.63, 3.8) is 0 Å². The molecule has 0 bridgehead atoms. The van der Waals surface area contributed by atoms with E-state index in [4.69, 9.17) is 4.74 Å². The number of aliphatic hydroxyl groups is 2. The van der Waals surface area contributed by atoms with Crippen LogP contribution in [-0.4, -0.2) is 40.3 Å². The van der Waals surface area contributed by atoms with E-state index in [1.807, 2.05) is 20.8 Å². The van der Waals surface area contributed by atoms with E-state index >= 15 is 0 Å². The highest BCUT2D eigenvalue weighted by Gasteiger charge is 2.39. The zero-order valence-corrected chi connectivity index (χ0v) is 17.9. The molecule has 2 N–H and O–H groups in total. The average molecular weight is 383 g/mol. The smallest absolute Gasteiger partial charge is 0.311 e. The van der Waals surface area contributed by atoms with Gasteiger partial charge < -0.3 is 14.9 Å². The fourth-order valence-electron chi connectivity index (χ4n) is 4.19. The largest absolute Gasteiger partial charge is 0.457 e. The third kappa shape index (κ3) is 5.41. The molecule has 0 aliphatic carbocycles. The Balaban J connectivity index is 3.24. The molecule has 5 heteroatoms. The highest BCUT2D eigenvalue weighted by Crippen LogP contribution is 2.33. The van der Waals surface area contributed by atoms with Crippen LogP contribution in [0, 0.1) is 41.4 Å². The monoisotopic (exact) mass is 382 g/mol. The molecule has 10 atom stereocenters. The van der Waals surface area contributed by atoms with E-state index in [9.17, 15) is 19.8 Å². The maximum Gasteiger partial charge on any atom is 0.311 e. The molecular formula is C22H38O5. The van der Waals surface area contributed by atoms with Gasteiger partial charge in [-0.3, -0.25) is 9.59 Å². The van der Waals surface area contributed by atoms with Crippen LogP contribution in [0.4, 0.5) is 0 Å². The minimum Gasteiger partial charge on any atom is -0.457 e. The van der Waals surface area contributed by atoms with Crippen molar-refractivity contribution in [3.05, 3.63) is 12.7 Å². The van der Waals surface area contributed by atoms with Gasteiger partial charge in [-0.2, -0.15) is 0 Å². The number of esters is 1. The third-order valence-electron chi connectivity index (χ3n) is 6.86. The molecule has 0 aromatic rings. The van der Waals surface area contributed by atoms with Gasteiger partial charge in [0, 0.05) is 17.8 Å². The second kappa shape index (κ2) is 9.83. The summed E-state index contributed by atoms with van der Waals surface area (Å²) in [5.74, 6) is -2.18. The molecule has 1 fully saturated rings. The maximum absolute atomic E-state index is 12.8. The number of carbonyl (C=O) groups excluding carboxylic acids is 2. The molecule has 1 rings (SSSR count). The van der Waals surface area contributed by atoms with Gasteiger partial charge >= 0.3 is 5.97 Å². The van der Waals surface area contributed by atoms with Gasteiger partial charge in [-0.1, -0.05) is 54.2 Å². The molecule has 1 aliphatic heterocycles. The Labute approximate surface area is 164 Å². The predicted octanol–water partition coefficient (Wildman–Crippen LogP) is 3.23. The van der Waals surface area contributed by atoms with Crippen LogP contribution in [0.25, 0.3) is 0 Å². The summed E-state index contributed by atoms with van der Waals surface area (Å²) in [4.78, 5) is 25.4. The van der Waals surface area contributed by atoms with Crippen molar-refractivity contribution in [1.82, 2.24) is 0 Å². The molecule has 0 aromatic carbocycles. The van der Waals surface area contributed by atoms with Gasteiger partial charge in [-0.15, -0.1) is 0 Å². The first kappa shape index (κ1) is 23.8. The predicted molar refractivity (Wildman–Crippen MR) is 106 cm³/mol. The van der Waals surface area contributed by atoms with Crippen LogP contribution < -0.4 is 0 Å². The Morgan fingerprint density at radius 1 is 0.889 bits per heavy atom. The maximum atomic E-state index is 12.8. The quantitative estimate of drug-likeness (QED) is 0.537. The Morgan fingerprint density at radius 3 is 1.93 bits per heavy atom. The molecule has 1 saturated heterocycles. The molecule has 1 aliphatic rings. The van der Waals surface area contributed by atoms with Gasteiger partial charge in [0.1, 0.15) is 11.9 Å². The molecule has 0 unspecified atom stereocenters. The third-order valence-corrected chi connectivity index (χ3v) is 6.86. The Hall–Kier alpha value is -1.20. The summed E-state index contributed by atoms with van der Waals surface area (Å²) in [6, 6.07) is 0. The van der Waals surface area contributed by atoms with Gasteiger partial charge in [0.2, 0.25) is 0 Å². The van der Waals surface area contributed by atoms with Crippen LogP contribution >= 0.6 is 0 Å². The molecular weight excluding hydrogens is 344 g/mol. The Morgan fingerprint density at radius 2 is 1.41 bits per heavy atom. The summed E-state index contributed by atoms with van der Waals surface area (Å²) >= 11 is 0. The number of ether oxygens (including phenoxy) is 1. The first-order chi connectivity index (χ1) is 12.4. The molecule has 1 heterocycles. The lowest BCUT2D eigenvalue weighted by atomic mass is 9.73. The zero-order valence-electron chi connectivity index (χ0n) is 17.9. The zero-order chi connectivity index (χ0) is 21.0. The number of Topliss-reactive ketones (excluding diaryl/α,β-unsaturated/α-hetero) is 1. The number of carbonyl (C=O) groups is 2. The van der Waals surface area contributed by atoms with Crippen LogP contribution in [-0.2, 0) is 14.3 Å². The van der Waals surface area contributed by atoms with Crippen LogP contribution in [0.5, 0.6) is 0 Å². The number of cyclic esters (lactones) is 1. The van der Waals surface area contributed by atoms with E-state index in [1.54, 1.807) is 20.8 Å². The number of hydrogen-bond donors (Lipinski definition) is 2. The molecule has 5 nitrogen and oxygen atoms in total. The number of ketones is 1. The van der Waals surface area contributed by atoms with Crippen molar-refractivity contribution >= 4 is 11.8 Å². The second-order valence-corrected chi connectivity index (χ2v) is 8.79. The molecule has 0 radical (unpaired) electrons. The molecule has 0 aromatic heterocycles. The lowest BCUT2D eigenvalue weighted by Crippen LogP contribution is -2.43. The summed E-state index contributed by atoms with van der Waals surface area (Å²) in [7, 11) is 0. The highest BCUT2D eigenvalue weighted by molar-refractivity contribution is 5.83. The van der Waals surface area contributed by atoms with Gasteiger partial charge in [-0.25, -0.2) is 0 Å². The number of rotatable bonds is 1. The van der Waals surface area contributed by atoms with Crippen LogP contribution in [0.15, 0.2) is 12.7 Å². The van der Waals surface area contributed by atoms with Gasteiger partial charge in [-0.05, 0) is 31.1 Å². The first-order valence-corrected chi connectivity index (χ1v) is 10.2. The number of hydrogen-bond acceptors (Lipinski definition) is 5. The van der Waals surface area contributed by atoms with Crippen molar-refractivity contribution in [2.45, 2.75) is 73.2 Å². The van der Waals surface area contributed by atoms with Gasteiger partial charge in [0.15, 0.2) is 0 Å². The summed E-state index contributed by atoms with van der Waals surface area (Å²) in [5.41, 5.74) is 0. The van der Waals surface area contributed by atoms with Gasteiger partial charge in [0.25, 0.3) is 0 Å². The fraction of sp³-hybridized carbons (Fsp3) is 0.818. The number of aliphatic hydroxyl groups excluding tert-OH is 2.